The van der Waals surface area contributed by atoms with E-state index >= 15 is 0 Å². The minimum absolute atomic E-state index is 0.0822. The van der Waals surface area contributed by atoms with Gasteiger partial charge in [0.2, 0.25) is 5.95 Å². The van der Waals surface area contributed by atoms with Crippen LogP contribution in [-0.2, 0) is 11.2 Å². The first-order valence-electron chi connectivity index (χ1n) is 15.4. The number of nitrogens with zero attached hydrogens (tertiary/aromatic N) is 3. The molecular formula is C35H41ClN6O3. The van der Waals surface area contributed by atoms with Crippen LogP contribution in [0.3, 0.4) is 0 Å². The van der Waals surface area contributed by atoms with Gasteiger partial charge in [-0.15, -0.1) is 0 Å². The molecule has 10 heteroatoms. The Balaban J connectivity index is 1.07. The molecule has 0 radical (unpaired) electrons. The molecule has 0 unspecified atom stereocenters. The van der Waals surface area contributed by atoms with E-state index in [4.69, 9.17) is 26.3 Å². The molecule has 45 heavy (non-hydrogen) atoms. The Bertz CT molecular complexity index is 1620. The van der Waals surface area contributed by atoms with E-state index in [1.54, 1.807) is 38.1 Å². The van der Waals surface area contributed by atoms with Gasteiger partial charge in [0.1, 0.15) is 11.6 Å². The average Bonchev–Trinajstić information content (AvgIpc) is 3.02. The number of benzene rings is 3. The Morgan fingerprint density at radius 3 is 2.27 bits per heavy atom. The Morgan fingerprint density at radius 2 is 1.58 bits per heavy atom. The Labute approximate surface area is 269 Å². The van der Waals surface area contributed by atoms with E-state index < -0.39 is 5.60 Å². The molecule has 1 heterocycles. The van der Waals surface area contributed by atoms with Gasteiger partial charge in [-0.05, 0) is 100 Å². The zero-order valence-corrected chi connectivity index (χ0v) is 27.0. The van der Waals surface area contributed by atoms with E-state index in [2.05, 4.69) is 16.0 Å². The van der Waals surface area contributed by atoms with Crippen molar-refractivity contribution in [2.45, 2.75) is 63.6 Å². The number of aromatic nitrogens is 2. The highest BCUT2D eigenvalue weighted by Gasteiger charge is 2.33. The third-order valence-electron chi connectivity index (χ3n) is 8.05. The van der Waals surface area contributed by atoms with Gasteiger partial charge in [0.05, 0.1) is 5.52 Å². The molecule has 3 aromatic carbocycles. The fraction of sp³-hybridized carbons (Fsp3) is 0.371. The number of hydrogen-bond acceptors (Lipinski definition) is 7. The highest BCUT2D eigenvalue weighted by atomic mass is 35.5. The molecule has 1 aliphatic rings. The smallest absolute Gasteiger partial charge is 0.263 e. The van der Waals surface area contributed by atoms with Gasteiger partial charge < -0.3 is 25.6 Å². The third kappa shape index (κ3) is 8.42. The second-order valence-electron chi connectivity index (χ2n) is 12.2. The number of para-hydroxylation sites is 1. The summed E-state index contributed by atoms with van der Waals surface area (Å²) in [5.41, 5.74) is 1.50. The van der Waals surface area contributed by atoms with Crippen LogP contribution in [0.1, 0.15) is 55.5 Å². The number of amides is 2. The molecule has 1 aliphatic carbocycles. The van der Waals surface area contributed by atoms with Crippen molar-refractivity contribution in [1.82, 2.24) is 20.6 Å². The lowest BCUT2D eigenvalue weighted by Crippen LogP contribution is -2.51. The van der Waals surface area contributed by atoms with Gasteiger partial charge in [-0.1, -0.05) is 35.9 Å². The van der Waals surface area contributed by atoms with Crippen molar-refractivity contribution in [3.8, 4) is 5.75 Å². The monoisotopic (exact) mass is 628 g/mol. The first kappa shape index (κ1) is 32.0. The summed E-state index contributed by atoms with van der Waals surface area (Å²) in [5.74, 6) is 1.86. The number of carbonyl (C=O) groups excluding carboxylic acids is 2. The number of nitrogens with one attached hydrogen (secondary N) is 3. The lowest BCUT2D eigenvalue weighted by atomic mass is 9.90. The summed E-state index contributed by atoms with van der Waals surface area (Å²) in [6.07, 6.45) is 4.20. The van der Waals surface area contributed by atoms with Crippen molar-refractivity contribution in [3.05, 3.63) is 88.9 Å². The zero-order valence-electron chi connectivity index (χ0n) is 26.3. The Hall–Kier alpha value is -4.37. The molecule has 0 atom stereocenters. The second-order valence-corrected chi connectivity index (χ2v) is 12.7. The van der Waals surface area contributed by atoms with Gasteiger partial charge in [0, 0.05) is 48.7 Å². The number of halogens is 1. The normalized spacial score (nSPS) is 16.6. The first-order chi connectivity index (χ1) is 21.6. The predicted octanol–water partition coefficient (Wildman–Crippen LogP) is 6.02. The van der Waals surface area contributed by atoms with Crippen molar-refractivity contribution in [2.24, 2.45) is 0 Å². The lowest BCUT2D eigenvalue weighted by Gasteiger charge is -2.33. The lowest BCUT2D eigenvalue weighted by molar-refractivity contribution is -0.135. The molecule has 9 nitrogen and oxygen atoms in total. The summed E-state index contributed by atoms with van der Waals surface area (Å²) >= 11 is 5.89. The van der Waals surface area contributed by atoms with Gasteiger partial charge in [-0.2, -0.15) is 4.98 Å². The number of carbonyl (C=O) groups is 2. The zero-order chi connectivity index (χ0) is 32.0. The highest BCUT2D eigenvalue weighted by Crippen LogP contribution is 2.27. The Kier molecular flexibility index (Phi) is 10.1. The quantitative estimate of drug-likeness (QED) is 0.186. The molecule has 0 saturated heterocycles. The number of anilines is 2. The van der Waals surface area contributed by atoms with Crippen molar-refractivity contribution in [3.63, 3.8) is 0 Å². The molecule has 0 aliphatic heterocycles. The van der Waals surface area contributed by atoms with Crippen LogP contribution in [0, 0.1) is 0 Å². The van der Waals surface area contributed by atoms with E-state index in [1.165, 1.54) is 0 Å². The summed E-state index contributed by atoms with van der Waals surface area (Å²) in [7, 11) is 3.97. The van der Waals surface area contributed by atoms with Gasteiger partial charge in [0.15, 0.2) is 5.60 Å². The molecule has 5 rings (SSSR count). The molecule has 1 saturated carbocycles. The minimum Gasteiger partial charge on any atom is -0.478 e. The van der Waals surface area contributed by atoms with Crippen molar-refractivity contribution in [1.29, 1.82) is 0 Å². The van der Waals surface area contributed by atoms with Crippen LogP contribution in [0.5, 0.6) is 5.75 Å². The van der Waals surface area contributed by atoms with Crippen LogP contribution in [0.4, 0.5) is 11.8 Å². The second kappa shape index (κ2) is 14.2. The van der Waals surface area contributed by atoms with Crippen LogP contribution >= 0.6 is 11.6 Å². The van der Waals surface area contributed by atoms with Crippen molar-refractivity contribution in [2.75, 3.05) is 30.9 Å². The van der Waals surface area contributed by atoms with Crippen LogP contribution in [0.2, 0.25) is 5.02 Å². The molecular weight excluding hydrogens is 588 g/mol. The Morgan fingerprint density at radius 1 is 0.911 bits per heavy atom. The van der Waals surface area contributed by atoms with Crippen molar-refractivity contribution >= 4 is 46.1 Å². The molecule has 3 N–H and O–H groups in total. The van der Waals surface area contributed by atoms with Gasteiger partial charge in [-0.25, -0.2) is 4.98 Å². The van der Waals surface area contributed by atoms with Crippen LogP contribution in [-0.4, -0.2) is 60.1 Å². The maximum absolute atomic E-state index is 13.2. The highest BCUT2D eigenvalue weighted by molar-refractivity contribution is 6.30. The van der Waals surface area contributed by atoms with E-state index in [0.29, 0.717) is 35.2 Å². The summed E-state index contributed by atoms with van der Waals surface area (Å²) in [6.45, 7) is 4.07. The first-order valence-corrected chi connectivity index (χ1v) is 15.8. The van der Waals surface area contributed by atoms with E-state index in [0.717, 1.165) is 48.0 Å². The molecule has 4 aromatic rings. The standard InChI is InChI=1S/C35H41ClN6O3/c1-35(2,45-28-19-9-23(10-20-28)21-22-37-32(43)24-11-13-25(36)14-12-24)33(44)38-26-15-17-27(18-16-26)39-34-40-30-8-6-5-7-29(30)31(41-34)42(3)4/h5-14,19-20,26-27H,15-18,21-22H2,1-4H3,(H,37,43)(H,38,44)(H,39,40,41)/t26-,27+. The predicted molar refractivity (Wildman–Crippen MR) is 180 cm³/mol. The van der Waals surface area contributed by atoms with E-state index in [9.17, 15) is 9.59 Å². The molecule has 1 aromatic heterocycles. The summed E-state index contributed by atoms with van der Waals surface area (Å²) in [5, 5.41) is 11.3. The van der Waals surface area contributed by atoms with Crippen LogP contribution in [0.25, 0.3) is 10.9 Å². The molecule has 0 bridgehead atoms. The van der Waals surface area contributed by atoms with Crippen LogP contribution < -0.4 is 25.6 Å². The van der Waals surface area contributed by atoms with E-state index in [1.807, 2.05) is 67.5 Å². The molecule has 2 amide bonds. The fourth-order valence-corrected chi connectivity index (χ4v) is 5.60. The van der Waals surface area contributed by atoms with Crippen molar-refractivity contribution < 1.29 is 14.3 Å². The van der Waals surface area contributed by atoms with Crippen LogP contribution in [0.15, 0.2) is 72.8 Å². The molecule has 1 fully saturated rings. The third-order valence-corrected chi connectivity index (χ3v) is 8.30. The topological polar surface area (TPSA) is 108 Å². The fourth-order valence-electron chi connectivity index (χ4n) is 5.48. The summed E-state index contributed by atoms with van der Waals surface area (Å²) in [6, 6.07) is 22.8. The summed E-state index contributed by atoms with van der Waals surface area (Å²) in [4.78, 5) is 37.0. The number of hydrogen-bond donors (Lipinski definition) is 3. The van der Waals surface area contributed by atoms with Gasteiger partial charge in [-0.3, -0.25) is 9.59 Å². The van der Waals surface area contributed by atoms with E-state index in [-0.39, 0.29) is 23.9 Å². The number of ether oxygens (including phenoxy) is 1. The molecule has 236 valence electrons. The largest absolute Gasteiger partial charge is 0.478 e. The minimum atomic E-state index is -1.04. The number of rotatable bonds is 11. The van der Waals surface area contributed by atoms with Gasteiger partial charge >= 0.3 is 0 Å². The number of fused-ring (bicyclic) bond motifs is 1. The average molecular weight is 629 g/mol. The maximum Gasteiger partial charge on any atom is 0.263 e. The SMILES string of the molecule is CN(C)c1nc(N[C@H]2CC[C@@H](NC(=O)C(C)(C)Oc3ccc(CCNC(=O)c4ccc(Cl)cc4)cc3)CC2)nc2ccccc12. The molecule has 0 spiro atoms. The maximum atomic E-state index is 13.2. The van der Waals surface area contributed by atoms with Gasteiger partial charge in [0.25, 0.3) is 11.8 Å². The summed E-state index contributed by atoms with van der Waals surface area (Å²) < 4.78 is 6.11.